The van der Waals surface area contributed by atoms with E-state index in [1.807, 2.05) is 0 Å². The Balaban J connectivity index is 0.000000417. The normalized spacial score (nSPS) is 11.2. The quantitative estimate of drug-likeness (QED) is 0.0385. The monoisotopic (exact) mass is 790 g/mol. The molecule has 0 atom stereocenters. The number of Topliss-reactive ketones (excluding diaryl/α,β-unsaturated/α-hetero) is 2. The van der Waals surface area contributed by atoms with Crippen LogP contribution in [0.3, 0.4) is 0 Å². The van der Waals surface area contributed by atoms with Gasteiger partial charge in [0, 0.05) is 12.8 Å². The summed E-state index contributed by atoms with van der Waals surface area (Å²) in [5.74, 6) is -3.37. The summed E-state index contributed by atoms with van der Waals surface area (Å²) in [6, 6.07) is 26.3. The number of unbranched alkanes of at least 4 members (excludes halogenated alkanes) is 2. The van der Waals surface area contributed by atoms with Gasteiger partial charge in [0.1, 0.15) is 0 Å². The van der Waals surface area contributed by atoms with Gasteiger partial charge in [0.2, 0.25) is 0 Å². The molecule has 4 rings (SSSR count). The highest BCUT2D eigenvalue weighted by Gasteiger charge is 2.14. The molecule has 58 heavy (non-hydrogen) atoms. The number of nitrogens with zero attached hydrogens (tertiary/aromatic N) is 2. The zero-order valence-corrected chi connectivity index (χ0v) is 36.5. The van der Waals surface area contributed by atoms with Gasteiger partial charge in [0.05, 0.1) is 22.8 Å². The van der Waals surface area contributed by atoms with Crippen LogP contribution in [0.1, 0.15) is 121 Å². The molecule has 0 aromatic heterocycles. The summed E-state index contributed by atoms with van der Waals surface area (Å²) in [6.45, 7) is 21.1. The van der Waals surface area contributed by atoms with Gasteiger partial charge < -0.3 is 20.4 Å². The van der Waals surface area contributed by atoms with Crippen molar-refractivity contribution >= 4 is 34.4 Å². The summed E-state index contributed by atoms with van der Waals surface area (Å²) in [6.07, 6.45) is 8.64. The minimum absolute atomic E-state index is 0.212. The van der Waals surface area contributed by atoms with Crippen LogP contribution in [0.5, 0.6) is 0 Å². The first-order valence-electron chi connectivity index (χ1n) is 20.4. The number of aliphatic imine (C=N–C) groups is 2. The number of aryl methyl sites for hydroxylation is 10. The van der Waals surface area contributed by atoms with Crippen molar-refractivity contribution in [2.75, 3.05) is 0 Å². The van der Waals surface area contributed by atoms with Crippen LogP contribution < -0.4 is 0 Å². The Labute approximate surface area is 347 Å². The van der Waals surface area contributed by atoms with Gasteiger partial charge in [-0.05, 0) is 140 Å². The fraction of sp³-hybridized carbons (Fsp3) is 0.400. The van der Waals surface area contributed by atoms with E-state index in [1.54, 1.807) is 6.92 Å². The van der Waals surface area contributed by atoms with Crippen molar-refractivity contribution in [3.8, 4) is 0 Å². The molecule has 8 heteroatoms. The van der Waals surface area contributed by atoms with E-state index in [4.69, 9.17) is 30.4 Å². The third-order valence-electron chi connectivity index (χ3n) is 9.75. The third kappa shape index (κ3) is 17.3. The highest BCUT2D eigenvalue weighted by Crippen LogP contribution is 2.29. The van der Waals surface area contributed by atoms with Crippen LogP contribution in [0.2, 0.25) is 0 Å². The number of carbonyl (C=O) groups is 2. The van der Waals surface area contributed by atoms with Crippen LogP contribution in [0.4, 0.5) is 11.4 Å². The van der Waals surface area contributed by atoms with Gasteiger partial charge in [-0.3, -0.25) is 19.6 Å². The summed E-state index contributed by atoms with van der Waals surface area (Å²) < 4.78 is 0. The average Bonchev–Trinajstić information content (AvgIpc) is 3.17. The van der Waals surface area contributed by atoms with E-state index >= 15 is 0 Å². The van der Waals surface area contributed by atoms with Crippen molar-refractivity contribution in [1.29, 1.82) is 0 Å². The van der Waals surface area contributed by atoms with E-state index in [-0.39, 0.29) is 11.6 Å². The predicted octanol–water partition coefficient (Wildman–Crippen LogP) is 13.1. The predicted molar refractivity (Wildman–Crippen MR) is 241 cm³/mol. The molecule has 0 spiro atoms. The molecule has 0 amide bonds. The van der Waals surface area contributed by atoms with E-state index in [0.717, 1.165) is 74.2 Å². The Morgan fingerprint density at radius 3 is 1.16 bits per heavy atom. The van der Waals surface area contributed by atoms with Crippen LogP contribution in [-0.4, -0.2) is 43.4 Å². The highest BCUT2D eigenvalue weighted by atomic mass is 16.5. The maximum absolute atomic E-state index is 11.3. The molecule has 312 valence electrons. The van der Waals surface area contributed by atoms with Crippen LogP contribution >= 0.6 is 0 Å². The smallest absolute Gasteiger partial charge is 0.358 e. The molecule has 0 aliphatic carbocycles. The van der Waals surface area contributed by atoms with Crippen molar-refractivity contribution in [2.24, 2.45) is 9.98 Å². The second-order valence-electron chi connectivity index (χ2n) is 15.2. The number of ketones is 2. The molecular formula is C50H66N2O6. The van der Waals surface area contributed by atoms with Crippen molar-refractivity contribution in [3.63, 3.8) is 0 Å². The molecule has 4 aromatic carbocycles. The van der Waals surface area contributed by atoms with E-state index in [2.05, 4.69) is 135 Å². The third-order valence-corrected chi connectivity index (χ3v) is 9.75. The Hall–Kier alpha value is -5.50. The number of rotatable bonds is 16. The SMILES string of the molecule is CCC(=Nc1c(C)cc(C)cc1C)C(CCCCc1ccc(C)cc1)=Nc1c(C)cc(C)cc1C.CCC(=O)C(=O)CCCCc1ccc(C)cc1.OC(O)=C(O)O. The molecule has 0 aliphatic heterocycles. The van der Waals surface area contributed by atoms with Crippen molar-refractivity contribution in [3.05, 3.63) is 140 Å². The Morgan fingerprint density at radius 1 is 0.448 bits per heavy atom. The zero-order chi connectivity index (χ0) is 43.4. The van der Waals surface area contributed by atoms with Crippen LogP contribution in [0.15, 0.2) is 94.7 Å². The summed E-state index contributed by atoms with van der Waals surface area (Å²) in [4.78, 5) is 32.9. The maximum Gasteiger partial charge on any atom is 0.358 e. The molecule has 0 radical (unpaired) electrons. The molecule has 8 nitrogen and oxygen atoms in total. The lowest BCUT2D eigenvalue weighted by molar-refractivity contribution is -0.136. The van der Waals surface area contributed by atoms with Gasteiger partial charge in [-0.2, -0.15) is 0 Å². The molecule has 0 bridgehead atoms. The standard InChI is InChI=1S/C33H42N2.C15H20O2.C2H4O4/c1-9-30(34-32-25(5)18-23(3)19-26(32)6)31(35-33-27(7)20-24(4)21-28(33)8)13-11-10-12-29-16-14-22(2)15-17-29;1-3-14(16)15(17)7-5-4-6-13-10-8-12(2)9-11-13;3-1(4)2(5)6/h14-21H,9-13H2,1-8H3;8-11H,3-7H2,1-2H3;3-6H. The minimum Gasteiger partial charge on any atom is -0.476 e. The Kier molecular flexibility index (Phi) is 21.0. The molecule has 0 fully saturated rings. The average molecular weight is 791 g/mol. The summed E-state index contributed by atoms with van der Waals surface area (Å²) in [7, 11) is 0. The van der Waals surface area contributed by atoms with Crippen LogP contribution in [0, 0.1) is 55.4 Å². The first kappa shape index (κ1) is 48.6. The van der Waals surface area contributed by atoms with Gasteiger partial charge in [0.15, 0.2) is 11.6 Å². The lowest BCUT2D eigenvalue weighted by Crippen LogP contribution is -2.14. The topological polar surface area (TPSA) is 140 Å². The zero-order valence-electron chi connectivity index (χ0n) is 36.5. The van der Waals surface area contributed by atoms with E-state index < -0.39 is 11.9 Å². The second-order valence-corrected chi connectivity index (χ2v) is 15.2. The van der Waals surface area contributed by atoms with Crippen LogP contribution in [-0.2, 0) is 22.4 Å². The lowest BCUT2D eigenvalue weighted by Gasteiger charge is -2.14. The molecule has 0 saturated carbocycles. The molecule has 0 heterocycles. The second kappa shape index (κ2) is 25.0. The van der Waals surface area contributed by atoms with Gasteiger partial charge in [-0.25, -0.2) is 0 Å². The number of carbonyl (C=O) groups excluding carboxylic acids is 2. The van der Waals surface area contributed by atoms with Crippen molar-refractivity contribution in [2.45, 2.75) is 133 Å². The first-order valence-corrected chi connectivity index (χ1v) is 20.4. The molecule has 0 aliphatic rings. The fourth-order valence-electron chi connectivity index (χ4n) is 6.66. The van der Waals surface area contributed by atoms with Crippen molar-refractivity contribution < 1.29 is 30.0 Å². The van der Waals surface area contributed by atoms with Gasteiger partial charge >= 0.3 is 11.9 Å². The fourth-order valence-corrected chi connectivity index (χ4v) is 6.66. The van der Waals surface area contributed by atoms with E-state index in [0.29, 0.717) is 12.8 Å². The number of aliphatic hydroxyl groups excluding tert-OH is 2. The number of aliphatic hydroxyl groups is 4. The minimum atomic E-state index is -1.46. The highest BCUT2D eigenvalue weighted by molar-refractivity contribution is 6.43. The van der Waals surface area contributed by atoms with E-state index in [9.17, 15) is 9.59 Å². The van der Waals surface area contributed by atoms with E-state index in [1.165, 1.54) is 55.6 Å². The number of hydrogen-bond acceptors (Lipinski definition) is 8. The largest absolute Gasteiger partial charge is 0.476 e. The summed E-state index contributed by atoms with van der Waals surface area (Å²) in [5.41, 5.74) is 17.2. The lowest BCUT2D eigenvalue weighted by atomic mass is 10.00. The summed E-state index contributed by atoms with van der Waals surface area (Å²) in [5, 5.41) is 30.3. The van der Waals surface area contributed by atoms with Crippen molar-refractivity contribution in [1.82, 2.24) is 0 Å². The summed E-state index contributed by atoms with van der Waals surface area (Å²) >= 11 is 0. The Morgan fingerprint density at radius 2 is 0.810 bits per heavy atom. The molecule has 0 saturated heterocycles. The van der Waals surface area contributed by atoms with Gasteiger partial charge in [-0.1, -0.05) is 109 Å². The molecule has 4 N–H and O–H groups in total. The number of hydrogen-bond donors (Lipinski definition) is 4. The Bertz CT molecular complexity index is 1980. The van der Waals surface area contributed by atoms with Gasteiger partial charge in [0.25, 0.3) is 0 Å². The first-order chi connectivity index (χ1) is 27.4. The molecule has 0 unspecified atom stereocenters. The maximum atomic E-state index is 11.3. The van der Waals surface area contributed by atoms with Crippen LogP contribution in [0.25, 0.3) is 0 Å². The van der Waals surface area contributed by atoms with Gasteiger partial charge in [-0.15, -0.1) is 0 Å². The number of benzene rings is 4. The molecular weight excluding hydrogens is 725 g/mol. The molecule has 4 aromatic rings.